The molecule has 0 fully saturated rings. The summed E-state index contributed by atoms with van der Waals surface area (Å²) in [6.45, 7) is 2.29. The predicted octanol–water partition coefficient (Wildman–Crippen LogP) is 1.95. The van der Waals surface area contributed by atoms with Crippen LogP contribution >= 0.6 is 11.6 Å². The van der Waals surface area contributed by atoms with Gasteiger partial charge < -0.3 is 10.1 Å². The molecule has 7 nitrogen and oxygen atoms in total. The molecule has 100 valence electrons. The van der Waals surface area contributed by atoms with E-state index in [1.165, 1.54) is 0 Å². The summed E-state index contributed by atoms with van der Waals surface area (Å²) in [6, 6.07) is 7.37. The maximum absolute atomic E-state index is 5.90. The zero-order valence-electron chi connectivity index (χ0n) is 10.2. The Hall–Kier alpha value is -2.12. The van der Waals surface area contributed by atoms with E-state index in [1.54, 1.807) is 12.1 Å². The highest BCUT2D eigenvalue weighted by Gasteiger charge is 2.06. The third kappa shape index (κ3) is 3.67. The molecule has 0 aliphatic rings. The van der Waals surface area contributed by atoms with Crippen LogP contribution in [-0.4, -0.2) is 21.6 Å². The first-order valence-corrected chi connectivity index (χ1v) is 5.97. The van der Waals surface area contributed by atoms with Crippen LogP contribution < -0.4 is 21.3 Å². The molecule has 2 aromatic rings. The second-order valence-electron chi connectivity index (χ2n) is 3.48. The van der Waals surface area contributed by atoms with Crippen LogP contribution in [0.4, 0.5) is 17.6 Å². The smallest absolute Gasteiger partial charge is 0.323 e. The monoisotopic (exact) mass is 280 g/mol. The number of hydrazine groups is 1. The predicted molar refractivity (Wildman–Crippen MR) is 73.5 cm³/mol. The number of ether oxygens (including phenoxy) is 1. The fourth-order valence-corrected chi connectivity index (χ4v) is 1.56. The summed E-state index contributed by atoms with van der Waals surface area (Å²) in [5.41, 5.74) is 3.11. The molecule has 1 heterocycles. The van der Waals surface area contributed by atoms with Gasteiger partial charge in [0.05, 0.1) is 6.61 Å². The van der Waals surface area contributed by atoms with E-state index in [2.05, 4.69) is 25.7 Å². The van der Waals surface area contributed by atoms with Gasteiger partial charge in [0, 0.05) is 10.7 Å². The van der Waals surface area contributed by atoms with Crippen molar-refractivity contribution in [1.82, 2.24) is 15.0 Å². The van der Waals surface area contributed by atoms with E-state index < -0.39 is 0 Å². The number of rotatable bonds is 5. The van der Waals surface area contributed by atoms with Crippen molar-refractivity contribution in [3.8, 4) is 6.01 Å². The number of nitrogens with one attached hydrogen (secondary N) is 2. The first-order valence-electron chi connectivity index (χ1n) is 5.59. The van der Waals surface area contributed by atoms with Crippen molar-refractivity contribution < 1.29 is 4.74 Å². The van der Waals surface area contributed by atoms with Gasteiger partial charge in [0.2, 0.25) is 11.9 Å². The molecule has 0 saturated heterocycles. The largest absolute Gasteiger partial charge is 0.464 e. The number of hydrogen-bond donors (Lipinski definition) is 3. The lowest BCUT2D eigenvalue weighted by Crippen LogP contribution is -2.13. The molecule has 0 bridgehead atoms. The normalized spacial score (nSPS) is 10.1. The van der Waals surface area contributed by atoms with Crippen LogP contribution in [0.15, 0.2) is 24.3 Å². The van der Waals surface area contributed by atoms with Crippen molar-refractivity contribution in [3.63, 3.8) is 0 Å². The molecule has 0 aliphatic carbocycles. The van der Waals surface area contributed by atoms with Crippen LogP contribution in [0, 0.1) is 0 Å². The fourth-order valence-electron chi connectivity index (χ4n) is 1.37. The highest BCUT2D eigenvalue weighted by atomic mass is 35.5. The number of anilines is 3. The van der Waals surface area contributed by atoms with Gasteiger partial charge in [-0.15, -0.1) is 0 Å². The molecule has 4 N–H and O–H groups in total. The lowest BCUT2D eigenvalue weighted by molar-refractivity contribution is 0.312. The Kier molecular flexibility index (Phi) is 4.32. The summed E-state index contributed by atoms with van der Waals surface area (Å²) in [5.74, 6) is 5.82. The Bertz CT molecular complexity index is 565. The van der Waals surface area contributed by atoms with Gasteiger partial charge in [0.1, 0.15) is 0 Å². The molecule has 8 heteroatoms. The minimum absolute atomic E-state index is 0.190. The first kappa shape index (κ1) is 13.3. The number of benzene rings is 1. The summed E-state index contributed by atoms with van der Waals surface area (Å²) < 4.78 is 5.23. The van der Waals surface area contributed by atoms with Gasteiger partial charge in [-0.05, 0) is 25.1 Å². The van der Waals surface area contributed by atoms with Crippen LogP contribution in [0.25, 0.3) is 0 Å². The van der Waals surface area contributed by atoms with E-state index in [9.17, 15) is 0 Å². The second kappa shape index (κ2) is 6.17. The number of nitrogens with two attached hydrogens (primary N) is 1. The van der Waals surface area contributed by atoms with Crippen molar-refractivity contribution in [2.24, 2.45) is 5.84 Å². The van der Waals surface area contributed by atoms with E-state index in [1.807, 2.05) is 19.1 Å². The molecule has 2 rings (SSSR count). The van der Waals surface area contributed by atoms with Crippen LogP contribution in [0.5, 0.6) is 6.01 Å². The number of nitrogen functional groups attached to an aromatic ring is 1. The van der Waals surface area contributed by atoms with Gasteiger partial charge >= 0.3 is 6.01 Å². The Labute approximate surface area is 115 Å². The van der Waals surface area contributed by atoms with Gasteiger partial charge in [-0.2, -0.15) is 15.0 Å². The number of aromatic nitrogens is 3. The SMILES string of the molecule is CCOc1nc(NN)nc(Nc2cccc(Cl)c2)n1. The van der Waals surface area contributed by atoms with Crippen LogP contribution in [0.2, 0.25) is 5.02 Å². The summed E-state index contributed by atoms with van der Waals surface area (Å²) in [5, 5.41) is 3.61. The molecule has 1 aromatic heterocycles. The molecule has 0 radical (unpaired) electrons. The Balaban J connectivity index is 2.26. The molecule has 19 heavy (non-hydrogen) atoms. The Morgan fingerprint density at radius 1 is 1.26 bits per heavy atom. The van der Waals surface area contributed by atoms with Crippen LogP contribution in [0.1, 0.15) is 6.92 Å². The summed E-state index contributed by atoms with van der Waals surface area (Å²) in [7, 11) is 0. The number of hydrogen-bond acceptors (Lipinski definition) is 7. The fraction of sp³-hybridized carbons (Fsp3) is 0.182. The highest BCUT2D eigenvalue weighted by Crippen LogP contribution is 2.19. The summed E-state index contributed by atoms with van der Waals surface area (Å²) >= 11 is 5.90. The zero-order chi connectivity index (χ0) is 13.7. The first-order chi connectivity index (χ1) is 9.21. The van der Waals surface area contributed by atoms with Crippen molar-refractivity contribution in [2.45, 2.75) is 6.92 Å². The minimum atomic E-state index is 0.190. The molecule has 1 aromatic carbocycles. The summed E-state index contributed by atoms with van der Waals surface area (Å²) in [4.78, 5) is 12.1. The van der Waals surface area contributed by atoms with E-state index in [4.69, 9.17) is 22.2 Å². The van der Waals surface area contributed by atoms with Crippen molar-refractivity contribution >= 4 is 29.2 Å². The topological polar surface area (TPSA) is 98.0 Å². The van der Waals surface area contributed by atoms with Gasteiger partial charge in [0.25, 0.3) is 0 Å². The van der Waals surface area contributed by atoms with Crippen molar-refractivity contribution in [1.29, 1.82) is 0 Å². The Morgan fingerprint density at radius 2 is 2.05 bits per heavy atom. The van der Waals surface area contributed by atoms with Gasteiger partial charge in [-0.25, -0.2) is 5.84 Å². The number of halogens is 1. The third-order valence-electron chi connectivity index (χ3n) is 2.10. The maximum atomic E-state index is 5.90. The third-order valence-corrected chi connectivity index (χ3v) is 2.33. The van der Waals surface area contributed by atoms with E-state index in [0.717, 1.165) is 5.69 Å². The van der Waals surface area contributed by atoms with Gasteiger partial charge in [-0.3, -0.25) is 5.43 Å². The minimum Gasteiger partial charge on any atom is -0.464 e. The molecular formula is C11H13ClN6O. The standard InChI is InChI=1S/C11H13ClN6O/c1-2-19-11-16-9(15-10(17-11)18-13)14-8-5-3-4-7(12)6-8/h3-6H,2,13H2,1H3,(H2,14,15,16,17,18). The van der Waals surface area contributed by atoms with E-state index in [-0.39, 0.29) is 12.0 Å². The van der Waals surface area contributed by atoms with E-state index in [0.29, 0.717) is 17.6 Å². The molecule has 0 spiro atoms. The highest BCUT2D eigenvalue weighted by molar-refractivity contribution is 6.30. The lowest BCUT2D eigenvalue weighted by Gasteiger charge is -2.08. The molecule has 0 saturated carbocycles. The van der Waals surface area contributed by atoms with E-state index >= 15 is 0 Å². The van der Waals surface area contributed by atoms with Gasteiger partial charge in [-0.1, -0.05) is 17.7 Å². The summed E-state index contributed by atoms with van der Waals surface area (Å²) in [6.07, 6.45) is 0. The maximum Gasteiger partial charge on any atom is 0.323 e. The van der Waals surface area contributed by atoms with Gasteiger partial charge in [0.15, 0.2) is 0 Å². The molecule has 0 aliphatic heterocycles. The molecule has 0 amide bonds. The quantitative estimate of drug-likeness (QED) is 0.569. The van der Waals surface area contributed by atoms with Crippen LogP contribution in [-0.2, 0) is 0 Å². The van der Waals surface area contributed by atoms with Crippen molar-refractivity contribution in [3.05, 3.63) is 29.3 Å². The average molecular weight is 281 g/mol. The lowest BCUT2D eigenvalue weighted by atomic mass is 10.3. The zero-order valence-corrected chi connectivity index (χ0v) is 11.0. The average Bonchev–Trinajstić information content (AvgIpc) is 2.39. The van der Waals surface area contributed by atoms with Crippen LogP contribution in [0.3, 0.4) is 0 Å². The number of nitrogens with zero attached hydrogens (tertiary/aromatic N) is 3. The molecular weight excluding hydrogens is 268 g/mol. The second-order valence-corrected chi connectivity index (χ2v) is 3.91. The Morgan fingerprint density at radius 3 is 2.74 bits per heavy atom. The van der Waals surface area contributed by atoms with Crippen molar-refractivity contribution in [2.75, 3.05) is 17.3 Å². The molecule has 0 unspecified atom stereocenters. The molecule has 0 atom stereocenters.